The average molecular weight is 192 g/mol. The van der Waals surface area contributed by atoms with E-state index in [1.54, 1.807) is 11.8 Å². The van der Waals surface area contributed by atoms with Crippen molar-refractivity contribution in [3.8, 4) is 0 Å². The molecule has 0 spiro atoms. The first kappa shape index (κ1) is 9.79. The van der Waals surface area contributed by atoms with E-state index in [1.165, 1.54) is 0 Å². The Morgan fingerprint density at radius 1 is 1.83 bits per heavy atom. The van der Waals surface area contributed by atoms with Crippen LogP contribution < -0.4 is 10.6 Å². The van der Waals surface area contributed by atoms with Gasteiger partial charge in [-0.2, -0.15) is 0 Å². The maximum Gasteiger partial charge on any atom is 0.323 e. The van der Waals surface area contributed by atoms with E-state index in [0.717, 1.165) is 11.6 Å². The number of aliphatic hydroxyl groups is 1. The van der Waals surface area contributed by atoms with Gasteiger partial charge in [-0.05, 0) is 0 Å². The first-order valence-corrected chi connectivity index (χ1v) is 4.80. The summed E-state index contributed by atoms with van der Waals surface area (Å²) in [7, 11) is 0. The topological polar surface area (TPSA) is 81.6 Å². The van der Waals surface area contributed by atoms with Crippen molar-refractivity contribution in [2.45, 2.75) is 12.2 Å². The van der Waals surface area contributed by atoms with Crippen LogP contribution in [0.4, 0.5) is 0 Å². The van der Waals surface area contributed by atoms with Gasteiger partial charge in [0.25, 0.3) is 0 Å². The largest absolute Gasteiger partial charge is 0.480 e. The highest BCUT2D eigenvalue weighted by Crippen LogP contribution is 2.07. The van der Waals surface area contributed by atoms with Crippen LogP contribution in [0.25, 0.3) is 0 Å². The molecule has 70 valence electrons. The van der Waals surface area contributed by atoms with Crippen LogP contribution >= 0.6 is 11.8 Å². The molecule has 1 aliphatic rings. The molecule has 0 aromatic rings. The Kier molecular flexibility index (Phi) is 3.80. The highest BCUT2D eigenvalue weighted by Gasteiger charge is 2.22. The van der Waals surface area contributed by atoms with Crippen molar-refractivity contribution in [2.24, 2.45) is 0 Å². The number of hydrogen-bond donors (Lipinski definition) is 4. The number of carboxylic acids is 1. The lowest BCUT2D eigenvalue weighted by molar-refractivity contribution is -0.140. The third kappa shape index (κ3) is 2.63. The van der Waals surface area contributed by atoms with Crippen LogP contribution in [-0.2, 0) is 4.79 Å². The fraction of sp³-hybridized carbons (Fsp3) is 0.833. The summed E-state index contributed by atoms with van der Waals surface area (Å²) < 4.78 is 0. The number of aliphatic carboxylic acids is 1. The lowest BCUT2D eigenvalue weighted by Gasteiger charge is -2.16. The Hall–Kier alpha value is -0.300. The number of thioether (sulfide) groups is 1. The van der Waals surface area contributed by atoms with Gasteiger partial charge in [0.2, 0.25) is 0 Å². The average Bonchev–Trinajstić information content (AvgIpc) is 2.51. The normalized spacial score (nSPS) is 25.6. The predicted molar refractivity (Wildman–Crippen MR) is 45.9 cm³/mol. The predicted octanol–water partition coefficient (Wildman–Crippen LogP) is -1.36. The first-order valence-electron chi connectivity index (χ1n) is 3.65. The van der Waals surface area contributed by atoms with Gasteiger partial charge in [-0.3, -0.25) is 15.4 Å². The maximum absolute atomic E-state index is 10.5. The Bertz CT molecular complexity index is 161. The van der Waals surface area contributed by atoms with Gasteiger partial charge in [-0.15, -0.1) is 11.8 Å². The van der Waals surface area contributed by atoms with Crippen molar-refractivity contribution in [2.75, 3.05) is 18.2 Å². The summed E-state index contributed by atoms with van der Waals surface area (Å²) in [6.45, 7) is -0.377. The monoisotopic (exact) mass is 192 g/mol. The van der Waals surface area contributed by atoms with Crippen LogP contribution in [0, 0.1) is 0 Å². The summed E-state index contributed by atoms with van der Waals surface area (Å²) in [6.07, 6.45) is 0.00301. The molecule has 1 aliphatic heterocycles. The number of rotatable bonds is 4. The molecule has 5 nitrogen and oxygen atoms in total. The number of carbonyl (C=O) groups is 1. The van der Waals surface area contributed by atoms with Crippen LogP contribution in [0.3, 0.4) is 0 Å². The molecule has 6 heteroatoms. The zero-order valence-corrected chi connectivity index (χ0v) is 7.30. The van der Waals surface area contributed by atoms with Gasteiger partial charge in [0.1, 0.15) is 6.04 Å². The molecule has 0 saturated carbocycles. The minimum Gasteiger partial charge on any atom is -0.480 e. The Morgan fingerprint density at radius 3 is 3.00 bits per heavy atom. The highest BCUT2D eigenvalue weighted by molar-refractivity contribution is 7.99. The quantitative estimate of drug-likeness (QED) is 0.440. The van der Waals surface area contributed by atoms with Crippen molar-refractivity contribution in [1.29, 1.82) is 0 Å². The van der Waals surface area contributed by atoms with Gasteiger partial charge < -0.3 is 10.2 Å². The van der Waals surface area contributed by atoms with Crippen molar-refractivity contribution in [1.82, 2.24) is 10.6 Å². The maximum atomic E-state index is 10.5. The third-order valence-electron chi connectivity index (χ3n) is 1.60. The van der Waals surface area contributed by atoms with Gasteiger partial charge in [0.15, 0.2) is 0 Å². The van der Waals surface area contributed by atoms with Gasteiger partial charge in [0, 0.05) is 11.6 Å². The van der Waals surface area contributed by atoms with Gasteiger partial charge in [-0.1, -0.05) is 0 Å². The third-order valence-corrected chi connectivity index (χ3v) is 2.54. The van der Waals surface area contributed by atoms with Crippen LogP contribution in [0.2, 0.25) is 0 Å². The second-order valence-corrected chi connectivity index (χ2v) is 3.54. The summed E-state index contributed by atoms with van der Waals surface area (Å²) in [5, 5.41) is 23.1. The van der Waals surface area contributed by atoms with Gasteiger partial charge in [0.05, 0.1) is 12.8 Å². The SMILES string of the molecule is O=C(O)[C@H](CO)NC1CSCN1. The van der Waals surface area contributed by atoms with E-state index in [1.807, 2.05) is 0 Å². The molecule has 12 heavy (non-hydrogen) atoms. The van der Waals surface area contributed by atoms with E-state index in [9.17, 15) is 4.79 Å². The number of hydrogen-bond acceptors (Lipinski definition) is 5. The summed E-state index contributed by atoms with van der Waals surface area (Å²) in [5.41, 5.74) is 0. The fourth-order valence-electron chi connectivity index (χ4n) is 0.947. The number of aliphatic hydroxyl groups excluding tert-OH is 1. The van der Waals surface area contributed by atoms with Crippen LogP contribution in [0.5, 0.6) is 0 Å². The van der Waals surface area contributed by atoms with Crippen molar-refractivity contribution < 1.29 is 15.0 Å². The molecule has 0 radical (unpaired) electrons. The molecular formula is C6H12N2O3S. The highest BCUT2D eigenvalue weighted by atomic mass is 32.2. The number of nitrogens with one attached hydrogen (secondary N) is 2. The Balaban J connectivity index is 2.30. The van der Waals surface area contributed by atoms with E-state index in [2.05, 4.69) is 10.6 Å². The van der Waals surface area contributed by atoms with Gasteiger partial charge in [-0.25, -0.2) is 0 Å². The van der Waals surface area contributed by atoms with Crippen LogP contribution in [0.1, 0.15) is 0 Å². The second kappa shape index (κ2) is 4.66. The summed E-state index contributed by atoms with van der Waals surface area (Å²) in [5.74, 6) is 0.648. The van der Waals surface area contributed by atoms with E-state index in [4.69, 9.17) is 10.2 Å². The molecule has 4 N–H and O–H groups in total. The molecule has 0 aliphatic carbocycles. The number of carboxylic acid groups (broad SMARTS) is 1. The summed E-state index contributed by atoms with van der Waals surface area (Å²) in [6, 6.07) is -0.860. The van der Waals surface area contributed by atoms with E-state index < -0.39 is 12.0 Å². The molecule has 1 unspecified atom stereocenters. The molecule has 2 atom stereocenters. The van der Waals surface area contributed by atoms with Crippen molar-refractivity contribution in [3.05, 3.63) is 0 Å². The molecular weight excluding hydrogens is 180 g/mol. The smallest absolute Gasteiger partial charge is 0.323 e. The van der Waals surface area contributed by atoms with Crippen molar-refractivity contribution >= 4 is 17.7 Å². The van der Waals surface area contributed by atoms with E-state index in [0.29, 0.717) is 0 Å². The summed E-state index contributed by atoms with van der Waals surface area (Å²) in [4.78, 5) is 10.5. The lowest BCUT2D eigenvalue weighted by Crippen LogP contribution is -2.50. The second-order valence-electron chi connectivity index (χ2n) is 2.51. The Labute approximate surface area is 74.5 Å². The Morgan fingerprint density at radius 2 is 2.58 bits per heavy atom. The van der Waals surface area contributed by atoms with E-state index in [-0.39, 0.29) is 12.8 Å². The molecule has 1 heterocycles. The van der Waals surface area contributed by atoms with Crippen LogP contribution in [-0.4, -0.2) is 46.6 Å². The van der Waals surface area contributed by atoms with Gasteiger partial charge >= 0.3 is 5.97 Å². The summed E-state index contributed by atoms with van der Waals surface area (Å²) >= 11 is 1.70. The molecule has 1 saturated heterocycles. The zero-order valence-electron chi connectivity index (χ0n) is 6.49. The minimum atomic E-state index is -1.02. The van der Waals surface area contributed by atoms with Crippen LogP contribution in [0.15, 0.2) is 0 Å². The fourth-order valence-corrected chi connectivity index (χ4v) is 1.83. The molecule has 0 amide bonds. The lowest BCUT2D eigenvalue weighted by atomic mass is 10.3. The molecule has 0 aromatic heterocycles. The molecule has 0 bridgehead atoms. The standard InChI is InChI=1S/C6H12N2O3S/c9-1-4(6(10)11)8-5-2-12-3-7-5/h4-5,7-9H,1-3H2,(H,10,11)/t4-,5?/m0/s1. The molecule has 1 fully saturated rings. The molecule has 1 rings (SSSR count). The first-order chi connectivity index (χ1) is 5.74. The zero-order chi connectivity index (χ0) is 8.97. The van der Waals surface area contributed by atoms with Crippen molar-refractivity contribution in [3.63, 3.8) is 0 Å². The molecule has 0 aromatic carbocycles. The minimum absolute atomic E-state index is 0.00301. The van der Waals surface area contributed by atoms with E-state index >= 15 is 0 Å².